The molecule has 1 fully saturated rings. The molecular formula is C28H24Cl2N2O4S. The summed E-state index contributed by atoms with van der Waals surface area (Å²) in [6.45, 7) is 5.61. The molecule has 1 aliphatic heterocycles. The van der Waals surface area contributed by atoms with Gasteiger partial charge in [0.2, 0.25) is 5.91 Å². The van der Waals surface area contributed by atoms with Crippen molar-refractivity contribution >= 4 is 63.8 Å². The molecule has 3 amide bonds. The lowest BCUT2D eigenvalue weighted by atomic mass is 10.1. The molecule has 37 heavy (non-hydrogen) atoms. The van der Waals surface area contributed by atoms with Crippen molar-refractivity contribution in [2.24, 2.45) is 0 Å². The highest BCUT2D eigenvalue weighted by atomic mass is 35.5. The van der Waals surface area contributed by atoms with E-state index >= 15 is 0 Å². The van der Waals surface area contributed by atoms with Crippen molar-refractivity contribution in [3.8, 4) is 5.75 Å². The molecule has 0 unspecified atom stereocenters. The van der Waals surface area contributed by atoms with Gasteiger partial charge in [0.15, 0.2) is 0 Å². The third kappa shape index (κ3) is 6.36. The number of anilines is 1. The number of imide groups is 1. The summed E-state index contributed by atoms with van der Waals surface area (Å²) in [5.74, 6) is -0.455. The molecule has 0 spiro atoms. The van der Waals surface area contributed by atoms with Crippen molar-refractivity contribution in [3.05, 3.63) is 97.4 Å². The van der Waals surface area contributed by atoms with Crippen LogP contribution in [-0.2, 0) is 16.2 Å². The van der Waals surface area contributed by atoms with Crippen molar-refractivity contribution < 1.29 is 19.1 Å². The Bertz CT molecular complexity index is 1410. The fourth-order valence-electron chi connectivity index (χ4n) is 4.00. The third-order valence-electron chi connectivity index (χ3n) is 5.72. The lowest BCUT2D eigenvalue weighted by Gasteiger charge is -2.16. The zero-order valence-corrected chi connectivity index (χ0v) is 22.8. The van der Waals surface area contributed by atoms with Gasteiger partial charge in [0.05, 0.1) is 4.91 Å². The van der Waals surface area contributed by atoms with E-state index in [9.17, 15) is 14.4 Å². The van der Waals surface area contributed by atoms with E-state index in [-0.39, 0.29) is 18.1 Å². The second-order valence-corrected chi connectivity index (χ2v) is 10.5. The summed E-state index contributed by atoms with van der Waals surface area (Å²) in [5, 5.41) is 3.35. The summed E-state index contributed by atoms with van der Waals surface area (Å²) in [7, 11) is 0. The van der Waals surface area contributed by atoms with Crippen LogP contribution in [0.2, 0.25) is 10.0 Å². The first-order valence-corrected chi connectivity index (χ1v) is 13.0. The van der Waals surface area contributed by atoms with E-state index in [1.165, 1.54) is 0 Å². The fourth-order valence-corrected chi connectivity index (χ4v) is 5.29. The summed E-state index contributed by atoms with van der Waals surface area (Å²) >= 11 is 13.0. The maximum absolute atomic E-state index is 13.0. The second kappa shape index (κ2) is 11.4. The minimum Gasteiger partial charge on any atom is -0.488 e. The Labute approximate surface area is 229 Å². The van der Waals surface area contributed by atoms with E-state index in [1.807, 2.05) is 32.9 Å². The first-order chi connectivity index (χ1) is 17.6. The van der Waals surface area contributed by atoms with E-state index < -0.39 is 17.1 Å². The number of halogens is 2. The number of nitrogens with zero attached hydrogens (tertiary/aromatic N) is 1. The van der Waals surface area contributed by atoms with Crippen molar-refractivity contribution in [2.45, 2.75) is 27.4 Å². The first-order valence-electron chi connectivity index (χ1n) is 11.4. The molecule has 0 atom stereocenters. The van der Waals surface area contributed by atoms with Crippen LogP contribution in [0.25, 0.3) is 6.08 Å². The van der Waals surface area contributed by atoms with Gasteiger partial charge >= 0.3 is 0 Å². The number of ether oxygens (including phenoxy) is 1. The summed E-state index contributed by atoms with van der Waals surface area (Å²) in [6, 6.07) is 16.2. The van der Waals surface area contributed by atoms with E-state index in [2.05, 4.69) is 5.32 Å². The molecule has 1 N–H and O–H groups in total. The Kier molecular flexibility index (Phi) is 8.27. The monoisotopic (exact) mass is 554 g/mol. The van der Waals surface area contributed by atoms with E-state index in [1.54, 1.807) is 48.5 Å². The van der Waals surface area contributed by atoms with Crippen LogP contribution >= 0.6 is 35.0 Å². The van der Waals surface area contributed by atoms with Gasteiger partial charge in [0.1, 0.15) is 18.9 Å². The molecule has 4 rings (SSSR count). The molecule has 0 aromatic heterocycles. The van der Waals surface area contributed by atoms with E-state index in [4.69, 9.17) is 27.9 Å². The largest absolute Gasteiger partial charge is 0.488 e. The van der Waals surface area contributed by atoms with Gasteiger partial charge in [-0.3, -0.25) is 19.3 Å². The number of hydrogen-bond donors (Lipinski definition) is 1. The first kappa shape index (κ1) is 26.8. The van der Waals surface area contributed by atoms with Gasteiger partial charge in [-0.05, 0) is 67.9 Å². The van der Waals surface area contributed by atoms with Crippen LogP contribution in [0, 0.1) is 20.8 Å². The van der Waals surface area contributed by atoms with Crippen molar-refractivity contribution in [1.82, 2.24) is 4.90 Å². The van der Waals surface area contributed by atoms with Gasteiger partial charge in [0.25, 0.3) is 11.1 Å². The van der Waals surface area contributed by atoms with Crippen LogP contribution in [-0.4, -0.2) is 28.5 Å². The number of amides is 3. The van der Waals surface area contributed by atoms with Gasteiger partial charge in [-0.1, -0.05) is 65.2 Å². The van der Waals surface area contributed by atoms with Gasteiger partial charge in [-0.25, -0.2) is 0 Å². The van der Waals surface area contributed by atoms with Crippen LogP contribution in [0.4, 0.5) is 10.5 Å². The Morgan fingerprint density at radius 2 is 1.73 bits per heavy atom. The van der Waals surface area contributed by atoms with Crippen LogP contribution in [0.3, 0.4) is 0 Å². The zero-order valence-electron chi connectivity index (χ0n) is 20.4. The highest BCUT2D eigenvalue weighted by Crippen LogP contribution is 2.34. The molecule has 9 heteroatoms. The molecule has 0 aliphatic carbocycles. The number of nitrogens with one attached hydrogen (secondary N) is 1. The average Bonchev–Trinajstić information content (AvgIpc) is 3.09. The molecule has 0 radical (unpaired) electrons. The molecule has 0 bridgehead atoms. The van der Waals surface area contributed by atoms with E-state index in [0.29, 0.717) is 27.0 Å². The molecule has 6 nitrogen and oxygen atoms in total. The number of rotatable bonds is 7. The molecule has 190 valence electrons. The number of benzene rings is 3. The minimum absolute atomic E-state index is 0.195. The van der Waals surface area contributed by atoms with Gasteiger partial charge < -0.3 is 10.1 Å². The van der Waals surface area contributed by atoms with Gasteiger partial charge in [0, 0.05) is 26.9 Å². The summed E-state index contributed by atoms with van der Waals surface area (Å²) in [4.78, 5) is 39.5. The van der Waals surface area contributed by atoms with Crippen molar-refractivity contribution in [3.63, 3.8) is 0 Å². The Balaban J connectivity index is 1.47. The summed E-state index contributed by atoms with van der Waals surface area (Å²) < 4.78 is 5.95. The van der Waals surface area contributed by atoms with Crippen molar-refractivity contribution in [2.75, 3.05) is 11.9 Å². The third-order valence-corrected chi connectivity index (χ3v) is 7.21. The quantitative estimate of drug-likeness (QED) is 0.313. The van der Waals surface area contributed by atoms with Crippen LogP contribution < -0.4 is 10.1 Å². The Morgan fingerprint density at radius 3 is 2.43 bits per heavy atom. The lowest BCUT2D eigenvalue weighted by molar-refractivity contribution is -0.127. The summed E-state index contributed by atoms with van der Waals surface area (Å²) in [6.07, 6.45) is 1.59. The smallest absolute Gasteiger partial charge is 0.294 e. The summed E-state index contributed by atoms with van der Waals surface area (Å²) in [5.41, 5.74) is 4.97. The topological polar surface area (TPSA) is 75.7 Å². The number of hydrogen-bond acceptors (Lipinski definition) is 5. The maximum Gasteiger partial charge on any atom is 0.294 e. The standard InChI is InChI=1S/C28H24Cl2N2O4S/c1-16-10-17(2)26(18(3)11-16)31-25(33)14-32-27(34)24(37-28(32)35)12-19-6-4-5-7-23(19)36-15-20-8-9-21(29)13-22(20)30/h4-13H,14-15H2,1-3H3,(H,31,33)/b24-12+. The van der Waals surface area contributed by atoms with E-state index in [0.717, 1.165) is 38.9 Å². The lowest BCUT2D eigenvalue weighted by Crippen LogP contribution is -2.36. The predicted octanol–water partition coefficient (Wildman–Crippen LogP) is 7.17. The Morgan fingerprint density at radius 1 is 1.03 bits per heavy atom. The fraction of sp³-hybridized carbons (Fsp3) is 0.179. The maximum atomic E-state index is 13.0. The zero-order chi connectivity index (χ0) is 26.7. The molecule has 1 aliphatic rings. The van der Waals surface area contributed by atoms with Crippen LogP contribution in [0.15, 0.2) is 59.5 Å². The van der Waals surface area contributed by atoms with Crippen LogP contribution in [0.5, 0.6) is 5.75 Å². The Hall–Kier alpha value is -3.26. The highest BCUT2D eigenvalue weighted by Gasteiger charge is 2.36. The molecule has 1 heterocycles. The van der Waals surface area contributed by atoms with Crippen molar-refractivity contribution in [1.29, 1.82) is 0 Å². The SMILES string of the molecule is Cc1cc(C)c(NC(=O)CN2C(=O)S/C(=C/c3ccccc3OCc3ccc(Cl)cc3Cl)C2=O)c(C)c1. The molecule has 3 aromatic carbocycles. The number of thioether (sulfide) groups is 1. The van der Waals surface area contributed by atoms with Gasteiger partial charge in [-0.2, -0.15) is 0 Å². The second-order valence-electron chi connectivity index (χ2n) is 8.65. The number of carbonyl (C=O) groups excluding carboxylic acids is 3. The molecule has 0 saturated carbocycles. The number of para-hydroxylation sites is 1. The average molecular weight is 555 g/mol. The molecular weight excluding hydrogens is 531 g/mol. The minimum atomic E-state index is -0.530. The predicted molar refractivity (Wildman–Crippen MR) is 149 cm³/mol. The normalized spacial score (nSPS) is 14.4. The highest BCUT2D eigenvalue weighted by molar-refractivity contribution is 8.18. The molecule has 3 aromatic rings. The van der Waals surface area contributed by atoms with Crippen LogP contribution in [0.1, 0.15) is 27.8 Å². The molecule has 1 saturated heterocycles. The van der Waals surface area contributed by atoms with Gasteiger partial charge in [-0.15, -0.1) is 0 Å². The number of aryl methyl sites for hydroxylation is 3. The number of carbonyl (C=O) groups is 3.